The van der Waals surface area contributed by atoms with Crippen LogP contribution in [0.15, 0.2) is 0 Å². The van der Waals surface area contributed by atoms with Gasteiger partial charge in [-0.15, -0.1) is 0 Å². The second-order valence-corrected chi connectivity index (χ2v) is 3.33. The highest BCUT2D eigenvalue weighted by molar-refractivity contribution is 5.77. The lowest BCUT2D eigenvalue weighted by Gasteiger charge is -2.30. The lowest BCUT2D eigenvalue weighted by Crippen LogP contribution is -2.41. The fourth-order valence-corrected chi connectivity index (χ4v) is 1.35. The maximum atomic E-state index is 12.6. The van der Waals surface area contributed by atoms with Crippen LogP contribution >= 0.6 is 0 Å². The van der Waals surface area contributed by atoms with E-state index in [4.69, 9.17) is 0 Å². The zero-order valence-corrected chi connectivity index (χ0v) is 7.15. The number of piperidine rings is 1. The average Bonchev–Trinajstić information content (AvgIpc) is 1.93. The van der Waals surface area contributed by atoms with Crippen molar-refractivity contribution in [3.63, 3.8) is 0 Å². The number of halogens is 2. The van der Waals surface area contributed by atoms with Crippen LogP contribution in [0.4, 0.5) is 8.78 Å². The van der Waals surface area contributed by atoms with Gasteiger partial charge < -0.3 is 0 Å². The molecule has 70 valence electrons. The Morgan fingerprint density at radius 2 is 1.92 bits per heavy atom. The molecule has 0 saturated carbocycles. The molecule has 1 saturated heterocycles. The highest BCUT2D eigenvalue weighted by Gasteiger charge is 2.33. The highest BCUT2D eigenvalue weighted by Crippen LogP contribution is 2.27. The van der Waals surface area contributed by atoms with E-state index in [9.17, 15) is 13.6 Å². The fourth-order valence-electron chi connectivity index (χ4n) is 1.35. The summed E-state index contributed by atoms with van der Waals surface area (Å²) in [5.74, 6) is -2.46. The number of nitrogens with zero attached hydrogens (tertiary/aromatic N) is 1. The van der Waals surface area contributed by atoms with Crippen molar-refractivity contribution in [1.82, 2.24) is 4.90 Å². The summed E-state index contributed by atoms with van der Waals surface area (Å²) in [5, 5.41) is 0. The molecule has 1 rings (SSSR count). The third-order valence-electron chi connectivity index (χ3n) is 2.03. The van der Waals surface area contributed by atoms with Crippen molar-refractivity contribution in [3.05, 3.63) is 0 Å². The number of carbonyl (C=O) groups is 1. The van der Waals surface area contributed by atoms with Gasteiger partial charge in [0.05, 0.1) is 6.54 Å². The van der Waals surface area contributed by atoms with E-state index in [0.717, 1.165) is 0 Å². The molecule has 4 heteroatoms. The topological polar surface area (TPSA) is 20.3 Å². The van der Waals surface area contributed by atoms with E-state index in [0.29, 0.717) is 19.6 Å². The van der Waals surface area contributed by atoms with Gasteiger partial charge in [-0.3, -0.25) is 9.69 Å². The summed E-state index contributed by atoms with van der Waals surface area (Å²) in [6.45, 7) is 2.47. The lowest BCUT2D eigenvalue weighted by atomic mass is 10.1. The van der Waals surface area contributed by atoms with Crippen molar-refractivity contribution in [2.45, 2.75) is 25.7 Å². The van der Waals surface area contributed by atoms with Gasteiger partial charge in [-0.25, -0.2) is 8.78 Å². The summed E-state index contributed by atoms with van der Waals surface area (Å²) in [4.78, 5) is 12.4. The summed E-state index contributed by atoms with van der Waals surface area (Å²) in [6, 6.07) is 0. The standard InChI is InChI=1S/C8H13F2NO/c1-7(12)6-11-4-2-8(9,10)3-5-11/h2-6H2,1H3. The summed E-state index contributed by atoms with van der Waals surface area (Å²) in [7, 11) is 0. The zero-order chi connectivity index (χ0) is 9.19. The average molecular weight is 177 g/mol. The van der Waals surface area contributed by atoms with E-state index in [1.165, 1.54) is 6.92 Å². The van der Waals surface area contributed by atoms with Crippen LogP contribution in [-0.4, -0.2) is 36.2 Å². The molecule has 0 aromatic carbocycles. The Labute approximate surface area is 70.5 Å². The van der Waals surface area contributed by atoms with Crippen molar-refractivity contribution in [1.29, 1.82) is 0 Å². The van der Waals surface area contributed by atoms with Crippen LogP contribution < -0.4 is 0 Å². The molecule has 0 aromatic rings. The number of Topliss-reactive ketones (excluding diaryl/α,β-unsaturated/α-hetero) is 1. The molecule has 12 heavy (non-hydrogen) atoms. The molecule has 0 N–H and O–H groups in total. The molecule has 0 bridgehead atoms. The van der Waals surface area contributed by atoms with Gasteiger partial charge in [0.2, 0.25) is 0 Å². The first-order valence-electron chi connectivity index (χ1n) is 4.09. The normalized spacial score (nSPS) is 23.9. The number of hydrogen-bond donors (Lipinski definition) is 0. The predicted octanol–water partition coefficient (Wildman–Crippen LogP) is 1.31. The SMILES string of the molecule is CC(=O)CN1CCC(F)(F)CC1. The Hall–Kier alpha value is -0.510. The highest BCUT2D eigenvalue weighted by atomic mass is 19.3. The summed E-state index contributed by atoms with van der Waals surface area (Å²) in [5.41, 5.74) is 0. The van der Waals surface area contributed by atoms with Crippen LogP contribution in [0.2, 0.25) is 0 Å². The second kappa shape index (κ2) is 3.47. The van der Waals surface area contributed by atoms with E-state index in [1.54, 1.807) is 4.90 Å². The molecule has 0 spiro atoms. The van der Waals surface area contributed by atoms with Gasteiger partial charge in [-0.1, -0.05) is 0 Å². The first kappa shape index (κ1) is 9.58. The number of ketones is 1. The monoisotopic (exact) mass is 177 g/mol. The molecule has 0 amide bonds. The second-order valence-electron chi connectivity index (χ2n) is 3.33. The Kier molecular flexibility index (Phi) is 2.77. The molecule has 1 fully saturated rings. The maximum Gasteiger partial charge on any atom is 0.250 e. The molecule has 0 aromatic heterocycles. The van der Waals surface area contributed by atoms with Crippen LogP contribution in [-0.2, 0) is 4.79 Å². The van der Waals surface area contributed by atoms with Gasteiger partial charge in [0, 0.05) is 25.9 Å². The van der Waals surface area contributed by atoms with Gasteiger partial charge in [0.1, 0.15) is 5.78 Å². The maximum absolute atomic E-state index is 12.6. The van der Waals surface area contributed by atoms with Crippen molar-refractivity contribution in [2.75, 3.05) is 19.6 Å². The molecule has 0 atom stereocenters. The summed E-state index contributed by atoms with van der Waals surface area (Å²) in [6.07, 6.45) is -0.222. The molecular formula is C8H13F2NO. The molecule has 0 aliphatic carbocycles. The molecule has 2 nitrogen and oxygen atoms in total. The number of alkyl halides is 2. The van der Waals surface area contributed by atoms with Crippen molar-refractivity contribution < 1.29 is 13.6 Å². The summed E-state index contributed by atoms with van der Waals surface area (Å²) < 4.78 is 25.2. The van der Waals surface area contributed by atoms with Crippen molar-refractivity contribution in [3.8, 4) is 0 Å². The number of carbonyl (C=O) groups excluding carboxylic acids is 1. The smallest absolute Gasteiger partial charge is 0.250 e. The Morgan fingerprint density at radius 1 is 1.42 bits per heavy atom. The summed E-state index contributed by atoms with van der Waals surface area (Å²) >= 11 is 0. The third kappa shape index (κ3) is 2.85. The molecule has 1 aliphatic heterocycles. The van der Waals surface area contributed by atoms with Gasteiger partial charge in [0.15, 0.2) is 0 Å². The molecule has 1 heterocycles. The Morgan fingerprint density at radius 3 is 2.33 bits per heavy atom. The third-order valence-corrected chi connectivity index (χ3v) is 2.03. The van der Waals surface area contributed by atoms with Crippen molar-refractivity contribution in [2.24, 2.45) is 0 Å². The molecule has 0 radical (unpaired) electrons. The van der Waals surface area contributed by atoms with E-state index >= 15 is 0 Å². The number of hydrogen-bond acceptors (Lipinski definition) is 2. The molecular weight excluding hydrogens is 164 g/mol. The molecule has 0 unspecified atom stereocenters. The zero-order valence-electron chi connectivity index (χ0n) is 7.15. The van der Waals surface area contributed by atoms with Gasteiger partial charge in [-0.2, -0.15) is 0 Å². The van der Waals surface area contributed by atoms with Crippen molar-refractivity contribution >= 4 is 5.78 Å². The fraction of sp³-hybridized carbons (Fsp3) is 0.875. The Bertz CT molecular complexity index is 172. The van der Waals surface area contributed by atoms with E-state index in [-0.39, 0.29) is 18.6 Å². The first-order valence-corrected chi connectivity index (χ1v) is 4.09. The van der Waals surface area contributed by atoms with Crippen LogP contribution in [0.3, 0.4) is 0 Å². The van der Waals surface area contributed by atoms with Crippen LogP contribution in [0, 0.1) is 0 Å². The first-order chi connectivity index (χ1) is 5.49. The minimum Gasteiger partial charge on any atom is -0.299 e. The quantitative estimate of drug-likeness (QED) is 0.633. The molecule has 1 aliphatic rings. The van der Waals surface area contributed by atoms with Crippen LogP contribution in [0.25, 0.3) is 0 Å². The van der Waals surface area contributed by atoms with Gasteiger partial charge >= 0.3 is 0 Å². The minimum atomic E-state index is -2.51. The van der Waals surface area contributed by atoms with E-state index in [1.807, 2.05) is 0 Å². The van der Waals surface area contributed by atoms with Crippen LogP contribution in [0.1, 0.15) is 19.8 Å². The Balaban J connectivity index is 2.31. The van der Waals surface area contributed by atoms with E-state index in [2.05, 4.69) is 0 Å². The van der Waals surface area contributed by atoms with Crippen LogP contribution in [0.5, 0.6) is 0 Å². The predicted molar refractivity (Wildman–Crippen MR) is 41.3 cm³/mol. The van der Waals surface area contributed by atoms with E-state index < -0.39 is 5.92 Å². The minimum absolute atomic E-state index is 0.0419. The number of rotatable bonds is 2. The number of likely N-dealkylation sites (tertiary alicyclic amines) is 1. The lowest BCUT2D eigenvalue weighted by molar-refractivity contribution is -0.120. The van der Waals surface area contributed by atoms with Gasteiger partial charge in [0.25, 0.3) is 5.92 Å². The largest absolute Gasteiger partial charge is 0.299 e. The van der Waals surface area contributed by atoms with Gasteiger partial charge in [-0.05, 0) is 6.92 Å².